The van der Waals surface area contributed by atoms with E-state index in [-0.39, 0.29) is 23.2 Å². The number of nitrogens with one attached hydrogen (secondary N) is 1. The Hall–Kier alpha value is -3.93. The second kappa shape index (κ2) is 8.38. The number of aromatic nitrogens is 3. The summed E-state index contributed by atoms with van der Waals surface area (Å²) in [5.74, 6) is -2.44. The Kier molecular flexibility index (Phi) is 5.47. The minimum atomic E-state index is -1.24. The lowest BCUT2D eigenvalue weighted by Crippen LogP contribution is -2.42. The number of amides is 3. The largest absolute Gasteiger partial charge is 0.475 e. The van der Waals surface area contributed by atoms with Gasteiger partial charge in [-0.15, -0.1) is 0 Å². The molecule has 13 heteroatoms. The number of benzene rings is 1. The Labute approximate surface area is 203 Å². The van der Waals surface area contributed by atoms with E-state index < -0.39 is 23.4 Å². The van der Waals surface area contributed by atoms with E-state index in [0.29, 0.717) is 48.6 Å². The van der Waals surface area contributed by atoms with E-state index in [2.05, 4.69) is 15.6 Å². The first-order valence-corrected chi connectivity index (χ1v) is 11.1. The van der Waals surface area contributed by atoms with Crippen LogP contribution in [0.1, 0.15) is 45.1 Å². The number of fused-ring (bicyclic) bond motifs is 1. The van der Waals surface area contributed by atoms with E-state index in [9.17, 15) is 18.8 Å². The van der Waals surface area contributed by atoms with E-state index in [1.807, 2.05) is 0 Å². The molecule has 2 aromatic heterocycles. The monoisotopic (exact) mass is 502 g/mol. The summed E-state index contributed by atoms with van der Waals surface area (Å²) in [6.45, 7) is 0.885. The summed E-state index contributed by atoms with van der Waals surface area (Å²) in [7, 11) is 1.63. The first kappa shape index (κ1) is 22.8. The summed E-state index contributed by atoms with van der Waals surface area (Å²) >= 11 is 5.79. The third-order valence-electron chi connectivity index (χ3n) is 6.43. The summed E-state index contributed by atoms with van der Waals surface area (Å²) in [6, 6.07) is 4.81. The Morgan fingerprint density at radius 1 is 1.26 bits per heavy atom. The molecule has 35 heavy (non-hydrogen) atoms. The van der Waals surface area contributed by atoms with Gasteiger partial charge in [-0.3, -0.25) is 9.48 Å². The minimum absolute atomic E-state index is 0.105. The van der Waals surface area contributed by atoms with Crippen LogP contribution >= 0.6 is 11.6 Å². The van der Waals surface area contributed by atoms with Crippen LogP contribution in [-0.2, 0) is 18.6 Å². The van der Waals surface area contributed by atoms with Crippen LogP contribution in [0.4, 0.5) is 14.9 Å². The average Bonchev–Trinajstić information content (AvgIpc) is 3.28. The van der Waals surface area contributed by atoms with Gasteiger partial charge in [-0.25, -0.2) is 14.0 Å². The molecule has 1 fully saturated rings. The van der Waals surface area contributed by atoms with Gasteiger partial charge in [-0.05, 0) is 31.0 Å². The van der Waals surface area contributed by atoms with Crippen molar-refractivity contribution in [3.05, 3.63) is 64.0 Å². The van der Waals surface area contributed by atoms with Crippen molar-refractivity contribution in [3.8, 4) is 0 Å². The lowest BCUT2D eigenvalue weighted by atomic mass is 10.1. The molecule has 0 unspecified atom stereocenters. The van der Waals surface area contributed by atoms with Gasteiger partial charge >= 0.3 is 12.0 Å². The van der Waals surface area contributed by atoms with Crippen molar-refractivity contribution >= 4 is 35.2 Å². The van der Waals surface area contributed by atoms with E-state index in [1.54, 1.807) is 11.7 Å². The van der Waals surface area contributed by atoms with Crippen molar-refractivity contribution in [1.82, 2.24) is 24.7 Å². The number of carboxylic acids is 1. The zero-order valence-corrected chi connectivity index (χ0v) is 19.3. The SMILES string of the molecule is CN(C(=O)c1cnn2c1CN(C(=O)Nc1ccc(F)c(Cl)c1)CC2)C1(c2cc(C(=O)O)on2)CC1. The van der Waals surface area contributed by atoms with Gasteiger partial charge in [0.15, 0.2) is 0 Å². The number of carbonyl (C=O) groups is 3. The molecule has 0 atom stereocenters. The number of carbonyl (C=O) groups excluding carboxylic acids is 2. The summed E-state index contributed by atoms with van der Waals surface area (Å²) in [5, 5.41) is 19.9. The lowest BCUT2D eigenvalue weighted by Gasteiger charge is -2.30. The van der Waals surface area contributed by atoms with Crippen molar-refractivity contribution < 1.29 is 28.4 Å². The number of aromatic carboxylic acids is 1. The highest BCUT2D eigenvalue weighted by atomic mass is 35.5. The molecule has 5 rings (SSSR count). The molecule has 11 nitrogen and oxygen atoms in total. The van der Waals surface area contributed by atoms with Gasteiger partial charge in [0.1, 0.15) is 11.5 Å². The Morgan fingerprint density at radius 3 is 2.69 bits per heavy atom. The van der Waals surface area contributed by atoms with Gasteiger partial charge in [-0.1, -0.05) is 16.8 Å². The molecule has 2 aliphatic rings. The summed E-state index contributed by atoms with van der Waals surface area (Å²) in [6.07, 6.45) is 2.69. The Balaban J connectivity index is 1.33. The van der Waals surface area contributed by atoms with Crippen LogP contribution in [0.2, 0.25) is 5.02 Å². The highest BCUT2D eigenvalue weighted by Gasteiger charge is 2.53. The smallest absolute Gasteiger partial charge is 0.374 e. The first-order chi connectivity index (χ1) is 16.7. The molecule has 3 aromatic rings. The van der Waals surface area contributed by atoms with Crippen LogP contribution in [0, 0.1) is 5.82 Å². The van der Waals surface area contributed by atoms with E-state index in [4.69, 9.17) is 21.2 Å². The molecular weight excluding hydrogens is 483 g/mol. The van der Waals surface area contributed by atoms with Crippen molar-refractivity contribution in [2.45, 2.75) is 31.5 Å². The first-order valence-electron chi connectivity index (χ1n) is 10.7. The van der Waals surface area contributed by atoms with E-state index >= 15 is 0 Å². The summed E-state index contributed by atoms with van der Waals surface area (Å²) in [5.41, 5.74) is 0.883. The summed E-state index contributed by atoms with van der Waals surface area (Å²) < 4.78 is 20.0. The molecule has 1 aliphatic carbocycles. The minimum Gasteiger partial charge on any atom is -0.475 e. The molecule has 1 aromatic carbocycles. The third kappa shape index (κ3) is 3.99. The molecule has 3 amide bonds. The number of nitrogens with zero attached hydrogens (tertiary/aromatic N) is 5. The topological polar surface area (TPSA) is 134 Å². The fourth-order valence-electron chi connectivity index (χ4n) is 4.23. The number of hydrogen-bond acceptors (Lipinski definition) is 6. The van der Waals surface area contributed by atoms with Gasteiger partial charge in [0.25, 0.3) is 5.91 Å². The molecule has 0 saturated heterocycles. The van der Waals surface area contributed by atoms with Crippen LogP contribution in [0.25, 0.3) is 0 Å². The third-order valence-corrected chi connectivity index (χ3v) is 6.72. The molecule has 1 saturated carbocycles. The van der Waals surface area contributed by atoms with Crippen LogP contribution in [0.15, 0.2) is 35.0 Å². The van der Waals surface area contributed by atoms with Crippen molar-refractivity contribution in [2.75, 3.05) is 18.9 Å². The second-order valence-electron chi connectivity index (χ2n) is 8.49. The number of hydrogen-bond donors (Lipinski definition) is 2. The van der Waals surface area contributed by atoms with E-state index in [1.165, 1.54) is 34.2 Å². The number of urea groups is 1. The molecule has 0 radical (unpaired) electrons. The van der Waals surface area contributed by atoms with Crippen LogP contribution in [-0.4, -0.2) is 61.3 Å². The number of anilines is 1. The number of halogens is 2. The van der Waals surface area contributed by atoms with Gasteiger partial charge < -0.3 is 24.7 Å². The van der Waals surface area contributed by atoms with Gasteiger partial charge in [0.2, 0.25) is 5.76 Å². The Morgan fingerprint density at radius 2 is 2.03 bits per heavy atom. The van der Waals surface area contributed by atoms with Gasteiger partial charge in [0, 0.05) is 25.3 Å². The van der Waals surface area contributed by atoms with Crippen LogP contribution in [0.5, 0.6) is 0 Å². The van der Waals surface area contributed by atoms with Gasteiger partial charge in [0.05, 0.1) is 41.1 Å². The highest BCUT2D eigenvalue weighted by Crippen LogP contribution is 2.50. The fraction of sp³-hybridized carbons (Fsp3) is 0.318. The predicted molar refractivity (Wildman–Crippen MR) is 120 cm³/mol. The lowest BCUT2D eigenvalue weighted by molar-refractivity contribution is 0.0645. The zero-order chi connectivity index (χ0) is 24.9. The molecular formula is C22H20ClFN6O5. The molecule has 0 bridgehead atoms. The molecule has 3 heterocycles. The number of carboxylic acid groups (broad SMARTS) is 1. The second-order valence-corrected chi connectivity index (χ2v) is 8.89. The maximum atomic E-state index is 13.4. The van der Waals surface area contributed by atoms with Crippen LogP contribution < -0.4 is 5.32 Å². The maximum absolute atomic E-state index is 13.4. The molecule has 0 spiro atoms. The Bertz CT molecular complexity index is 1350. The average molecular weight is 503 g/mol. The standard InChI is InChI=1S/C22H20ClFN6O5/c1-28(22(4-5-22)18-9-17(20(32)33)35-27-18)19(31)13-10-25-30-7-6-29(11-16(13)30)21(34)26-12-2-3-15(24)14(23)8-12/h2-3,8-10H,4-7,11H2,1H3,(H,26,34)(H,32,33). The molecule has 2 N–H and O–H groups in total. The maximum Gasteiger partial charge on any atom is 0.374 e. The van der Waals surface area contributed by atoms with E-state index in [0.717, 1.165) is 6.07 Å². The number of rotatable bonds is 5. The van der Waals surface area contributed by atoms with Gasteiger partial charge in [-0.2, -0.15) is 5.10 Å². The van der Waals surface area contributed by atoms with Crippen LogP contribution in [0.3, 0.4) is 0 Å². The molecule has 182 valence electrons. The highest BCUT2D eigenvalue weighted by molar-refractivity contribution is 6.31. The quantitative estimate of drug-likeness (QED) is 0.547. The normalized spacial score (nSPS) is 15.9. The predicted octanol–water partition coefficient (Wildman–Crippen LogP) is 3.17. The summed E-state index contributed by atoms with van der Waals surface area (Å²) in [4.78, 5) is 40.5. The van der Waals surface area contributed by atoms with Crippen molar-refractivity contribution in [3.63, 3.8) is 0 Å². The van der Waals surface area contributed by atoms with Crippen molar-refractivity contribution in [2.24, 2.45) is 0 Å². The zero-order valence-electron chi connectivity index (χ0n) is 18.5. The van der Waals surface area contributed by atoms with Crippen molar-refractivity contribution in [1.29, 1.82) is 0 Å². The molecule has 1 aliphatic heterocycles. The fourth-order valence-corrected chi connectivity index (χ4v) is 4.41.